The van der Waals surface area contributed by atoms with Gasteiger partial charge in [-0.25, -0.2) is 0 Å². The maximum atomic E-state index is 6.03. The summed E-state index contributed by atoms with van der Waals surface area (Å²) in [5.74, 6) is 0.949. The van der Waals surface area contributed by atoms with Crippen LogP contribution < -0.4 is 10.6 Å². The molecule has 1 aliphatic carbocycles. The third-order valence-corrected chi connectivity index (χ3v) is 4.66. The Bertz CT molecular complexity index is 234. The van der Waals surface area contributed by atoms with Crippen LogP contribution in [-0.4, -0.2) is 37.9 Å². The number of rotatable bonds is 2. The van der Waals surface area contributed by atoms with Crippen LogP contribution in [0.5, 0.6) is 0 Å². The van der Waals surface area contributed by atoms with Gasteiger partial charge >= 0.3 is 0 Å². The molecule has 1 spiro atoms. The summed E-state index contributed by atoms with van der Waals surface area (Å²) in [7, 11) is 0. The summed E-state index contributed by atoms with van der Waals surface area (Å²) in [4.78, 5) is 0. The van der Waals surface area contributed by atoms with Crippen molar-refractivity contribution in [1.29, 1.82) is 0 Å². The fourth-order valence-corrected chi connectivity index (χ4v) is 3.55. The topological polar surface area (TPSA) is 33.3 Å². The Kier molecular flexibility index (Phi) is 3.18. The minimum atomic E-state index is 0.149. The molecule has 0 aromatic carbocycles. The number of nitrogens with one attached hydrogen (secondary N) is 2. The van der Waals surface area contributed by atoms with Crippen molar-refractivity contribution >= 4 is 0 Å². The smallest absolute Gasteiger partial charge is 0.108 e. The van der Waals surface area contributed by atoms with Crippen molar-refractivity contribution in [2.75, 3.05) is 26.2 Å². The maximum absolute atomic E-state index is 6.03. The average Bonchev–Trinajstić information content (AvgIpc) is 2.29. The van der Waals surface area contributed by atoms with Crippen LogP contribution in [0.15, 0.2) is 0 Å². The first-order valence-corrected chi connectivity index (χ1v) is 6.97. The zero-order valence-corrected chi connectivity index (χ0v) is 10.1. The quantitative estimate of drug-likeness (QED) is 0.741. The third-order valence-electron chi connectivity index (χ3n) is 4.66. The lowest BCUT2D eigenvalue weighted by atomic mass is 9.77. The second-order valence-electron chi connectivity index (χ2n) is 5.76. The van der Waals surface area contributed by atoms with E-state index in [-0.39, 0.29) is 5.60 Å². The van der Waals surface area contributed by atoms with Gasteiger partial charge in [0.15, 0.2) is 0 Å². The van der Waals surface area contributed by atoms with Crippen LogP contribution >= 0.6 is 0 Å². The Morgan fingerprint density at radius 2 is 1.94 bits per heavy atom. The van der Waals surface area contributed by atoms with Gasteiger partial charge in [0.1, 0.15) is 5.60 Å². The first-order valence-electron chi connectivity index (χ1n) is 6.97. The van der Waals surface area contributed by atoms with Crippen molar-refractivity contribution in [3.63, 3.8) is 0 Å². The molecule has 0 aromatic rings. The molecule has 2 aliphatic heterocycles. The predicted octanol–water partition coefficient (Wildman–Crippen LogP) is 1.29. The molecule has 1 saturated carbocycles. The van der Waals surface area contributed by atoms with E-state index in [0.717, 1.165) is 32.2 Å². The molecule has 16 heavy (non-hydrogen) atoms. The van der Waals surface area contributed by atoms with Crippen LogP contribution in [0.25, 0.3) is 0 Å². The molecule has 92 valence electrons. The highest BCUT2D eigenvalue weighted by molar-refractivity contribution is 5.06. The molecule has 0 radical (unpaired) electrons. The normalized spacial score (nSPS) is 34.9. The standard InChI is InChI=1S/C13H24N2O/c1-2-4-11(5-3-1)8-12-13(9-14-10-13)16-7-6-15-12/h11-12,14-15H,1-10H2. The SMILES string of the molecule is C1CCC(CC2NCCOC23CNC3)CC1. The molecule has 1 unspecified atom stereocenters. The highest BCUT2D eigenvalue weighted by Gasteiger charge is 2.47. The molecule has 3 rings (SSSR count). The highest BCUT2D eigenvalue weighted by Crippen LogP contribution is 2.33. The van der Waals surface area contributed by atoms with E-state index in [1.165, 1.54) is 38.5 Å². The van der Waals surface area contributed by atoms with Crippen molar-refractivity contribution in [2.45, 2.75) is 50.2 Å². The molecule has 1 atom stereocenters. The van der Waals surface area contributed by atoms with E-state index in [1.54, 1.807) is 0 Å². The molecule has 2 N–H and O–H groups in total. The van der Waals surface area contributed by atoms with Crippen molar-refractivity contribution < 1.29 is 4.74 Å². The fraction of sp³-hybridized carbons (Fsp3) is 1.00. The van der Waals surface area contributed by atoms with Gasteiger partial charge < -0.3 is 15.4 Å². The van der Waals surface area contributed by atoms with E-state index in [0.29, 0.717) is 6.04 Å². The highest BCUT2D eigenvalue weighted by atomic mass is 16.5. The Morgan fingerprint density at radius 3 is 2.62 bits per heavy atom. The van der Waals surface area contributed by atoms with E-state index >= 15 is 0 Å². The van der Waals surface area contributed by atoms with Crippen molar-refractivity contribution in [3.05, 3.63) is 0 Å². The van der Waals surface area contributed by atoms with Crippen molar-refractivity contribution in [2.24, 2.45) is 5.92 Å². The Hall–Kier alpha value is -0.120. The van der Waals surface area contributed by atoms with Gasteiger partial charge in [0, 0.05) is 25.7 Å². The number of hydrogen-bond acceptors (Lipinski definition) is 3. The summed E-state index contributed by atoms with van der Waals surface area (Å²) >= 11 is 0. The lowest BCUT2D eigenvalue weighted by molar-refractivity contribution is -0.131. The van der Waals surface area contributed by atoms with Gasteiger partial charge in [-0.2, -0.15) is 0 Å². The Balaban J connectivity index is 1.58. The molecular weight excluding hydrogens is 200 g/mol. The van der Waals surface area contributed by atoms with E-state index in [2.05, 4.69) is 10.6 Å². The van der Waals surface area contributed by atoms with E-state index in [1.807, 2.05) is 0 Å². The summed E-state index contributed by atoms with van der Waals surface area (Å²) in [6.45, 7) is 4.04. The minimum absolute atomic E-state index is 0.149. The number of hydrogen-bond donors (Lipinski definition) is 2. The molecular formula is C13H24N2O. The van der Waals surface area contributed by atoms with Gasteiger partial charge in [0.2, 0.25) is 0 Å². The van der Waals surface area contributed by atoms with Gasteiger partial charge in [0.05, 0.1) is 6.61 Å². The molecule has 3 heteroatoms. The first kappa shape index (κ1) is 11.0. The number of morpholine rings is 1. The van der Waals surface area contributed by atoms with E-state index in [4.69, 9.17) is 4.74 Å². The Labute approximate surface area is 98.3 Å². The average molecular weight is 224 g/mol. The lowest BCUT2D eigenvalue weighted by Gasteiger charge is -2.51. The van der Waals surface area contributed by atoms with Gasteiger partial charge in [-0.1, -0.05) is 32.1 Å². The molecule has 0 aromatic heterocycles. The summed E-state index contributed by atoms with van der Waals surface area (Å²) in [6.07, 6.45) is 8.58. The van der Waals surface area contributed by atoms with Crippen molar-refractivity contribution in [3.8, 4) is 0 Å². The second kappa shape index (κ2) is 4.63. The van der Waals surface area contributed by atoms with Crippen LogP contribution in [0.2, 0.25) is 0 Å². The zero-order chi connectivity index (χ0) is 10.8. The van der Waals surface area contributed by atoms with Crippen LogP contribution in [0.1, 0.15) is 38.5 Å². The first-order chi connectivity index (χ1) is 7.89. The van der Waals surface area contributed by atoms with Gasteiger partial charge in [-0.3, -0.25) is 0 Å². The van der Waals surface area contributed by atoms with Gasteiger partial charge in [-0.15, -0.1) is 0 Å². The molecule has 3 nitrogen and oxygen atoms in total. The summed E-state index contributed by atoms with van der Waals surface area (Å²) in [5, 5.41) is 7.07. The molecule has 3 fully saturated rings. The molecule has 0 amide bonds. The Morgan fingerprint density at radius 1 is 1.12 bits per heavy atom. The number of ether oxygens (including phenoxy) is 1. The van der Waals surface area contributed by atoms with Gasteiger partial charge in [0.25, 0.3) is 0 Å². The fourth-order valence-electron chi connectivity index (χ4n) is 3.55. The van der Waals surface area contributed by atoms with E-state index < -0.39 is 0 Å². The van der Waals surface area contributed by atoms with Crippen LogP contribution in [0.4, 0.5) is 0 Å². The monoisotopic (exact) mass is 224 g/mol. The lowest BCUT2D eigenvalue weighted by Crippen LogP contribution is -2.73. The largest absolute Gasteiger partial charge is 0.369 e. The third kappa shape index (κ3) is 2.01. The zero-order valence-electron chi connectivity index (χ0n) is 10.1. The van der Waals surface area contributed by atoms with Crippen molar-refractivity contribution in [1.82, 2.24) is 10.6 Å². The van der Waals surface area contributed by atoms with Crippen LogP contribution in [0, 0.1) is 5.92 Å². The van der Waals surface area contributed by atoms with E-state index in [9.17, 15) is 0 Å². The molecule has 3 aliphatic rings. The maximum Gasteiger partial charge on any atom is 0.108 e. The van der Waals surface area contributed by atoms with Crippen LogP contribution in [0.3, 0.4) is 0 Å². The predicted molar refractivity (Wildman–Crippen MR) is 64.5 cm³/mol. The minimum Gasteiger partial charge on any atom is -0.369 e. The van der Waals surface area contributed by atoms with Crippen LogP contribution in [-0.2, 0) is 4.74 Å². The molecule has 2 saturated heterocycles. The van der Waals surface area contributed by atoms with Gasteiger partial charge in [-0.05, 0) is 12.3 Å². The summed E-state index contributed by atoms with van der Waals surface area (Å²) in [5.41, 5.74) is 0.149. The summed E-state index contributed by atoms with van der Waals surface area (Å²) < 4.78 is 6.03. The second-order valence-corrected chi connectivity index (χ2v) is 5.76. The molecule has 2 heterocycles. The molecule has 0 bridgehead atoms. The summed E-state index contributed by atoms with van der Waals surface area (Å²) in [6, 6.07) is 0.602.